The van der Waals surface area contributed by atoms with E-state index >= 15 is 0 Å². The topological polar surface area (TPSA) is 41.1 Å². The number of ether oxygens (including phenoxy) is 1. The second-order valence-corrected chi connectivity index (χ2v) is 6.81. The van der Waals surface area contributed by atoms with E-state index in [1.54, 1.807) is 13.0 Å². The van der Waals surface area contributed by atoms with E-state index in [1.807, 2.05) is 4.90 Å². The maximum atomic E-state index is 14.1. The summed E-state index contributed by atoms with van der Waals surface area (Å²) < 4.78 is 69.1. The van der Waals surface area contributed by atoms with Crippen molar-refractivity contribution in [3.8, 4) is 17.1 Å². The SMILES string of the molecule is Cc1cc(OC(F)(F)F)ncc1N1CCc2[nH]c(-c3c(F)cccc3F)cc2C1. The minimum Gasteiger partial charge on any atom is -0.388 e. The Morgan fingerprint density at radius 2 is 1.86 bits per heavy atom. The second-order valence-electron chi connectivity index (χ2n) is 6.81. The quantitative estimate of drug-likeness (QED) is 0.610. The van der Waals surface area contributed by atoms with Gasteiger partial charge in [-0.15, -0.1) is 13.2 Å². The molecule has 0 aliphatic carbocycles. The monoisotopic (exact) mass is 409 g/mol. The molecule has 3 aromatic rings. The zero-order valence-electron chi connectivity index (χ0n) is 15.3. The molecule has 0 saturated heterocycles. The Balaban J connectivity index is 1.59. The van der Waals surface area contributed by atoms with Crippen molar-refractivity contribution in [2.75, 3.05) is 11.4 Å². The average molecular weight is 409 g/mol. The number of fused-ring (bicyclic) bond motifs is 1. The summed E-state index contributed by atoms with van der Waals surface area (Å²) in [5.41, 5.74) is 3.24. The zero-order chi connectivity index (χ0) is 20.8. The molecule has 0 saturated carbocycles. The fourth-order valence-electron chi connectivity index (χ4n) is 3.56. The molecule has 1 aromatic carbocycles. The number of pyridine rings is 1. The summed E-state index contributed by atoms with van der Waals surface area (Å²) in [4.78, 5) is 8.78. The van der Waals surface area contributed by atoms with Gasteiger partial charge in [0.2, 0.25) is 5.88 Å². The van der Waals surface area contributed by atoms with Crippen LogP contribution in [0.5, 0.6) is 5.88 Å². The van der Waals surface area contributed by atoms with Crippen LogP contribution in [0.2, 0.25) is 0 Å². The van der Waals surface area contributed by atoms with Crippen LogP contribution >= 0.6 is 0 Å². The Bertz CT molecular complexity index is 1040. The van der Waals surface area contributed by atoms with Gasteiger partial charge in [0.1, 0.15) is 11.6 Å². The molecule has 0 atom stereocenters. The number of aryl methyl sites for hydroxylation is 1. The van der Waals surface area contributed by atoms with Crippen LogP contribution in [0, 0.1) is 18.6 Å². The fourth-order valence-corrected chi connectivity index (χ4v) is 3.56. The van der Waals surface area contributed by atoms with Gasteiger partial charge in [-0.2, -0.15) is 0 Å². The first-order valence-electron chi connectivity index (χ1n) is 8.84. The van der Waals surface area contributed by atoms with E-state index in [0.29, 0.717) is 36.5 Å². The lowest BCUT2D eigenvalue weighted by Crippen LogP contribution is -2.30. The number of benzene rings is 1. The van der Waals surface area contributed by atoms with Crippen molar-refractivity contribution in [3.05, 3.63) is 65.0 Å². The van der Waals surface area contributed by atoms with Crippen LogP contribution in [-0.2, 0) is 13.0 Å². The van der Waals surface area contributed by atoms with E-state index in [0.717, 1.165) is 11.3 Å². The number of rotatable bonds is 3. The number of aromatic amines is 1. The van der Waals surface area contributed by atoms with Gasteiger partial charge < -0.3 is 14.6 Å². The standard InChI is InChI=1S/C20H16F5N3O/c1-11-7-18(29-20(23,24)25)26-9-17(11)28-6-5-15-12(10-28)8-16(27-15)19-13(21)3-2-4-14(19)22/h2-4,7-9,27H,5-6,10H2,1H3. The van der Waals surface area contributed by atoms with Crippen LogP contribution in [0.25, 0.3) is 11.3 Å². The lowest BCUT2D eigenvalue weighted by Gasteiger charge is -2.30. The molecule has 0 amide bonds. The molecule has 4 rings (SSSR count). The van der Waals surface area contributed by atoms with Gasteiger partial charge in [0.25, 0.3) is 0 Å². The molecule has 0 unspecified atom stereocenters. The zero-order valence-corrected chi connectivity index (χ0v) is 15.3. The first-order valence-corrected chi connectivity index (χ1v) is 8.84. The van der Waals surface area contributed by atoms with Crippen LogP contribution in [-0.4, -0.2) is 22.9 Å². The summed E-state index contributed by atoms with van der Waals surface area (Å²) >= 11 is 0. The number of aromatic nitrogens is 2. The molecule has 29 heavy (non-hydrogen) atoms. The summed E-state index contributed by atoms with van der Waals surface area (Å²) in [7, 11) is 0. The highest BCUT2D eigenvalue weighted by molar-refractivity contribution is 5.64. The summed E-state index contributed by atoms with van der Waals surface area (Å²) in [5, 5.41) is 0. The minimum absolute atomic E-state index is 0.111. The summed E-state index contributed by atoms with van der Waals surface area (Å²) in [6.45, 7) is 2.69. The van der Waals surface area contributed by atoms with Crippen LogP contribution in [0.1, 0.15) is 16.8 Å². The average Bonchev–Trinajstić information content (AvgIpc) is 3.03. The largest absolute Gasteiger partial charge is 0.574 e. The Kier molecular flexibility index (Phi) is 4.68. The molecule has 0 radical (unpaired) electrons. The highest BCUT2D eigenvalue weighted by Crippen LogP contribution is 2.33. The van der Waals surface area contributed by atoms with Gasteiger partial charge in [-0.1, -0.05) is 6.07 Å². The van der Waals surface area contributed by atoms with E-state index in [-0.39, 0.29) is 5.56 Å². The Morgan fingerprint density at radius 3 is 2.52 bits per heavy atom. The maximum Gasteiger partial charge on any atom is 0.574 e. The molecule has 4 nitrogen and oxygen atoms in total. The maximum absolute atomic E-state index is 14.1. The number of hydrogen-bond acceptors (Lipinski definition) is 3. The smallest absolute Gasteiger partial charge is 0.388 e. The number of halogens is 5. The number of H-pyrrole nitrogens is 1. The van der Waals surface area contributed by atoms with E-state index in [9.17, 15) is 22.0 Å². The molecule has 0 spiro atoms. The van der Waals surface area contributed by atoms with Crippen molar-refractivity contribution in [2.24, 2.45) is 0 Å². The van der Waals surface area contributed by atoms with Crippen molar-refractivity contribution >= 4 is 5.69 Å². The second kappa shape index (κ2) is 7.06. The van der Waals surface area contributed by atoms with Crippen LogP contribution in [0.15, 0.2) is 36.5 Å². The van der Waals surface area contributed by atoms with Crippen LogP contribution < -0.4 is 9.64 Å². The highest BCUT2D eigenvalue weighted by Gasteiger charge is 2.32. The number of nitrogens with zero attached hydrogens (tertiary/aromatic N) is 2. The molecule has 1 aliphatic rings. The predicted octanol–water partition coefficient (Wildman–Crippen LogP) is 5.12. The molecule has 0 bridgehead atoms. The van der Waals surface area contributed by atoms with Gasteiger partial charge in [-0.05, 0) is 36.2 Å². The Morgan fingerprint density at radius 1 is 1.14 bits per heavy atom. The number of hydrogen-bond donors (Lipinski definition) is 1. The first kappa shape index (κ1) is 19.2. The normalized spacial score (nSPS) is 14.1. The van der Waals surface area contributed by atoms with E-state index in [1.165, 1.54) is 30.5 Å². The third kappa shape index (κ3) is 3.90. The van der Waals surface area contributed by atoms with E-state index in [4.69, 9.17) is 0 Å². The van der Waals surface area contributed by atoms with E-state index in [2.05, 4.69) is 14.7 Å². The highest BCUT2D eigenvalue weighted by atomic mass is 19.4. The van der Waals surface area contributed by atoms with Crippen molar-refractivity contribution in [3.63, 3.8) is 0 Å². The summed E-state index contributed by atoms with van der Waals surface area (Å²) in [6.07, 6.45) is -2.87. The third-order valence-electron chi connectivity index (χ3n) is 4.84. The van der Waals surface area contributed by atoms with Gasteiger partial charge in [0.15, 0.2) is 0 Å². The van der Waals surface area contributed by atoms with Crippen molar-refractivity contribution in [1.29, 1.82) is 0 Å². The molecule has 152 valence electrons. The Hall–Kier alpha value is -3.10. The van der Waals surface area contributed by atoms with Gasteiger partial charge in [-0.3, -0.25) is 0 Å². The lowest BCUT2D eigenvalue weighted by atomic mass is 10.1. The van der Waals surface area contributed by atoms with E-state index < -0.39 is 23.9 Å². The van der Waals surface area contributed by atoms with Crippen molar-refractivity contribution in [2.45, 2.75) is 26.3 Å². The molecule has 2 aromatic heterocycles. The Labute approximate surface area is 162 Å². The molecule has 9 heteroatoms. The first-order chi connectivity index (χ1) is 13.7. The van der Waals surface area contributed by atoms with Crippen LogP contribution in [0.4, 0.5) is 27.6 Å². The van der Waals surface area contributed by atoms with Crippen molar-refractivity contribution in [1.82, 2.24) is 9.97 Å². The molecule has 1 aliphatic heterocycles. The summed E-state index contributed by atoms with van der Waals surface area (Å²) in [6, 6.07) is 6.64. The van der Waals surface area contributed by atoms with Gasteiger partial charge >= 0.3 is 6.36 Å². The molecular weight excluding hydrogens is 393 g/mol. The lowest BCUT2D eigenvalue weighted by molar-refractivity contribution is -0.276. The van der Waals surface area contributed by atoms with Gasteiger partial charge in [0.05, 0.1) is 23.1 Å². The number of alkyl halides is 3. The molecule has 1 N–H and O–H groups in total. The third-order valence-corrected chi connectivity index (χ3v) is 4.84. The molecular formula is C20H16F5N3O. The van der Waals surface area contributed by atoms with Gasteiger partial charge in [-0.25, -0.2) is 13.8 Å². The molecule has 0 fully saturated rings. The number of nitrogens with one attached hydrogen (secondary N) is 1. The predicted molar refractivity (Wildman–Crippen MR) is 96.6 cm³/mol. The van der Waals surface area contributed by atoms with Crippen molar-refractivity contribution < 1.29 is 26.7 Å². The molecule has 3 heterocycles. The fraction of sp³-hybridized carbons (Fsp3) is 0.250. The number of anilines is 1. The van der Waals surface area contributed by atoms with Crippen LogP contribution in [0.3, 0.4) is 0 Å². The minimum atomic E-state index is -4.80. The van der Waals surface area contributed by atoms with Gasteiger partial charge in [0, 0.05) is 31.3 Å². The summed E-state index contributed by atoms with van der Waals surface area (Å²) in [5.74, 6) is -1.82.